The van der Waals surface area contributed by atoms with Crippen LogP contribution in [0.2, 0.25) is 0 Å². The van der Waals surface area contributed by atoms with Crippen molar-refractivity contribution in [3.05, 3.63) is 113 Å². The van der Waals surface area contributed by atoms with Gasteiger partial charge in [0.15, 0.2) is 21.6 Å². The van der Waals surface area contributed by atoms with Crippen molar-refractivity contribution in [1.82, 2.24) is 59.2 Å². The number of carbonyl (C=O) groups excluding carboxylic acids is 2. The lowest BCUT2D eigenvalue weighted by Gasteiger charge is -2.36. The highest BCUT2D eigenvalue weighted by atomic mass is 127. The number of piperazine rings is 2. The standard InChI is InChI=1S/C26H28FN7O2S.C21H24FN5O2.C5H5IN2S/c1-26(2,3)36-25(35)33-15-13-32(14-16-33)20-10-9-19-22(29-20)31-23(17-5-7-18(27)8-6-17)34(19)21-11-12-28-24(30-21)37-4;1-21(2,3)29-20(28)27-12-10-26(11-13-27)17-9-8-16-19(24-17)25-18(23-16)14-4-6-15(22)7-5-14;1-9-5-7-3-2-4(6)8-5/h5-12H,13-16H2,1-4H3;4-9H,10-13H2,1-3H3,(H,23,24,25);2-3H,1H3. The third kappa shape index (κ3) is 14.4. The van der Waals surface area contributed by atoms with E-state index in [2.05, 4.69) is 67.3 Å². The van der Waals surface area contributed by atoms with Crippen molar-refractivity contribution in [2.75, 3.05) is 74.7 Å². The molecule has 8 aromatic rings. The minimum Gasteiger partial charge on any atom is -0.444 e. The predicted molar refractivity (Wildman–Crippen MR) is 297 cm³/mol. The number of aromatic nitrogens is 10. The summed E-state index contributed by atoms with van der Waals surface area (Å²) in [5.41, 5.74) is 3.28. The van der Waals surface area contributed by atoms with Gasteiger partial charge in [-0.1, -0.05) is 23.5 Å². The second-order valence-electron chi connectivity index (χ2n) is 19.1. The van der Waals surface area contributed by atoms with Gasteiger partial charge in [-0.3, -0.25) is 4.57 Å². The first-order valence-electron chi connectivity index (χ1n) is 24.0. The van der Waals surface area contributed by atoms with Crippen molar-refractivity contribution in [3.8, 4) is 28.6 Å². The van der Waals surface area contributed by atoms with Gasteiger partial charge in [-0.15, -0.1) is 0 Å². The van der Waals surface area contributed by atoms with E-state index in [1.54, 1.807) is 58.2 Å². The maximum atomic E-state index is 13.6. The van der Waals surface area contributed by atoms with E-state index < -0.39 is 11.2 Å². The molecule has 75 heavy (non-hydrogen) atoms. The monoisotopic (exact) mass is 1170 g/mol. The van der Waals surface area contributed by atoms with Crippen molar-refractivity contribution in [3.63, 3.8) is 0 Å². The van der Waals surface area contributed by atoms with Gasteiger partial charge >= 0.3 is 12.2 Å². The van der Waals surface area contributed by atoms with Crippen LogP contribution in [0.25, 0.3) is 50.9 Å². The summed E-state index contributed by atoms with van der Waals surface area (Å²) >= 11 is 5.17. The quantitative estimate of drug-likeness (QED) is 0.0686. The van der Waals surface area contributed by atoms with Crippen LogP contribution in [0.5, 0.6) is 0 Å². The van der Waals surface area contributed by atoms with E-state index in [0.717, 1.165) is 42.7 Å². The summed E-state index contributed by atoms with van der Waals surface area (Å²) in [6.07, 6.45) is 6.78. The summed E-state index contributed by atoms with van der Waals surface area (Å²) < 4.78 is 40.6. The molecule has 2 fully saturated rings. The predicted octanol–water partition coefficient (Wildman–Crippen LogP) is 10.4. The van der Waals surface area contributed by atoms with E-state index in [9.17, 15) is 18.4 Å². The summed E-state index contributed by atoms with van der Waals surface area (Å²) in [6.45, 7) is 16.0. The zero-order valence-corrected chi connectivity index (χ0v) is 46.6. The summed E-state index contributed by atoms with van der Waals surface area (Å²) in [4.78, 5) is 71.6. The first-order valence-corrected chi connectivity index (χ1v) is 27.5. The number of anilines is 2. The molecule has 8 heterocycles. The van der Waals surface area contributed by atoms with Crippen molar-refractivity contribution in [1.29, 1.82) is 0 Å². The molecule has 10 rings (SSSR count). The number of rotatable bonds is 7. The maximum absolute atomic E-state index is 13.6. The Hall–Kier alpha value is -6.73. The second kappa shape index (κ2) is 23.9. The zero-order valence-electron chi connectivity index (χ0n) is 42.8. The Morgan fingerprint density at radius 1 is 0.560 bits per heavy atom. The topological polar surface area (TPSA) is 189 Å². The summed E-state index contributed by atoms with van der Waals surface area (Å²) in [5, 5.41) is 1.47. The van der Waals surface area contributed by atoms with Gasteiger partial charge in [0, 0.05) is 75.9 Å². The van der Waals surface area contributed by atoms with E-state index in [1.807, 2.05) is 95.0 Å². The number of halogens is 3. The molecule has 6 aromatic heterocycles. The highest BCUT2D eigenvalue weighted by molar-refractivity contribution is 14.1. The lowest BCUT2D eigenvalue weighted by molar-refractivity contribution is 0.0230. The van der Waals surface area contributed by atoms with Crippen LogP contribution in [0.1, 0.15) is 41.5 Å². The Balaban J connectivity index is 0.000000174. The smallest absolute Gasteiger partial charge is 0.410 e. The third-order valence-electron chi connectivity index (χ3n) is 11.4. The Kier molecular flexibility index (Phi) is 17.3. The minimum atomic E-state index is -0.526. The molecule has 18 nitrogen and oxygen atoms in total. The number of hydrogen-bond acceptors (Lipinski definition) is 16. The average molecular weight is 1170 g/mol. The molecule has 0 atom stereocenters. The molecule has 2 aliphatic heterocycles. The molecular formula is C52H57F2IN14O4S2. The molecule has 0 aliphatic carbocycles. The Bertz CT molecular complexity index is 3250. The maximum Gasteiger partial charge on any atom is 0.410 e. The number of imidazole rings is 2. The van der Waals surface area contributed by atoms with E-state index >= 15 is 0 Å². The average Bonchev–Trinajstić information content (AvgIpc) is 4.01. The number of pyridine rings is 2. The van der Waals surface area contributed by atoms with Gasteiger partial charge in [0.25, 0.3) is 0 Å². The summed E-state index contributed by atoms with van der Waals surface area (Å²) in [7, 11) is 0. The van der Waals surface area contributed by atoms with Gasteiger partial charge in [0.1, 0.15) is 55.6 Å². The van der Waals surface area contributed by atoms with E-state index in [4.69, 9.17) is 19.4 Å². The van der Waals surface area contributed by atoms with Crippen LogP contribution >= 0.6 is 46.1 Å². The number of carbonyl (C=O) groups is 2. The summed E-state index contributed by atoms with van der Waals surface area (Å²) in [5.74, 6) is 2.92. The largest absolute Gasteiger partial charge is 0.444 e. The molecule has 2 saturated heterocycles. The van der Waals surface area contributed by atoms with Gasteiger partial charge in [0.05, 0.1) is 11.0 Å². The highest BCUT2D eigenvalue weighted by Gasteiger charge is 2.29. The fourth-order valence-electron chi connectivity index (χ4n) is 7.82. The lowest BCUT2D eigenvalue weighted by atomic mass is 10.2. The van der Waals surface area contributed by atoms with Gasteiger partial charge in [-0.05, 0) is 162 Å². The second-order valence-corrected chi connectivity index (χ2v) is 21.8. The molecule has 0 radical (unpaired) electrons. The fraction of sp³-hybridized carbons (Fsp3) is 0.346. The number of fused-ring (bicyclic) bond motifs is 2. The minimum absolute atomic E-state index is 0.281. The number of hydrogen-bond donors (Lipinski definition) is 1. The van der Waals surface area contributed by atoms with Crippen molar-refractivity contribution < 1.29 is 27.8 Å². The molecule has 0 unspecified atom stereocenters. The number of amides is 2. The first-order chi connectivity index (χ1) is 35.8. The number of nitrogens with one attached hydrogen (secondary N) is 1. The first kappa shape index (κ1) is 54.5. The number of benzene rings is 2. The normalized spacial score (nSPS) is 14.0. The number of ether oxygens (including phenoxy) is 2. The molecule has 392 valence electrons. The molecule has 0 spiro atoms. The van der Waals surface area contributed by atoms with Crippen molar-refractivity contribution >= 4 is 92.3 Å². The van der Waals surface area contributed by atoms with Gasteiger partial charge < -0.3 is 34.1 Å². The Labute approximate surface area is 455 Å². The molecule has 1 N–H and O–H groups in total. The number of nitrogens with zero attached hydrogens (tertiary/aromatic N) is 13. The summed E-state index contributed by atoms with van der Waals surface area (Å²) in [6, 6.07) is 23.9. The molecule has 0 saturated carbocycles. The van der Waals surface area contributed by atoms with Crippen LogP contribution in [0.15, 0.2) is 108 Å². The number of H-pyrrole nitrogens is 1. The van der Waals surface area contributed by atoms with Crippen LogP contribution in [-0.4, -0.2) is 147 Å². The van der Waals surface area contributed by atoms with E-state index in [-0.39, 0.29) is 23.8 Å². The van der Waals surface area contributed by atoms with E-state index in [0.29, 0.717) is 86.3 Å². The molecule has 0 bridgehead atoms. The third-order valence-corrected chi connectivity index (χ3v) is 13.1. The fourth-order valence-corrected chi connectivity index (χ4v) is 9.08. The van der Waals surface area contributed by atoms with Gasteiger partial charge in [-0.2, -0.15) is 0 Å². The molecule has 2 amide bonds. The molecule has 23 heteroatoms. The molecule has 2 aliphatic rings. The van der Waals surface area contributed by atoms with E-state index in [1.165, 1.54) is 36.0 Å². The highest BCUT2D eigenvalue weighted by Crippen LogP contribution is 2.30. The van der Waals surface area contributed by atoms with Gasteiger partial charge in [0.2, 0.25) is 0 Å². The SMILES string of the molecule is CC(C)(C)OC(=O)N1CCN(c2ccc3[nH]c(-c4ccc(F)cc4)nc3n2)CC1.CSc1nccc(-n2c(-c3ccc(F)cc3)nc3nc(N4CCN(C(=O)OC(C)(C)C)CC4)ccc32)n1.CSc1nccc(I)n1. The lowest BCUT2D eigenvalue weighted by Crippen LogP contribution is -2.50. The van der Waals surface area contributed by atoms with Crippen LogP contribution in [0, 0.1) is 15.3 Å². The van der Waals surface area contributed by atoms with Crippen molar-refractivity contribution in [2.24, 2.45) is 0 Å². The molecular weight excluding hydrogens is 1110 g/mol. The van der Waals surface area contributed by atoms with Crippen LogP contribution < -0.4 is 9.80 Å². The Morgan fingerprint density at radius 2 is 1.05 bits per heavy atom. The molecule has 2 aromatic carbocycles. The van der Waals surface area contributed by atoms with Crippen LogP contribution in [0.3, 0.4) is 0 Å². The van der Waals surface area contributed by atoms with Gasteiger partial charge in [-0.25, -0.2) is 58.2 Å². The number of thioether (sulfide) groups is 2. The van der Waals surface area contributed by atoms with Crippen LogP contribution in [-0.2, 0) is 9.47 Å². The Morgan fingerprint density at radius 3 is 1.56 bits per heavy atom. The van der Waals surface area contributed by atoms with Crippen LogP contribution in [0.4, 0.5) is 30.0 Å². The number of aromatic amines is 1. The van der Waals surface area contributed by atoms with Crippen molar-refractivity contribution in [2.45, 2.75) is 63.1 Å². The zero-order chi connectivity index (χ0) is 53.4.